The summed E-state index contributed by atoms with van der Waals surface area (Å²) in [5.41, 5.74) is 1.09. The number of benzene rings is 2. The van der Waals surface area contributed by atoms with Gasteiger partial charge in [-0.05, 0) is 67.8 Å². The van der Waals surface area contributed by atoms with E-state index >= 15 is 0 Å². The van der Waals surface area contributed by atoms with E-state index in [0.717, 1.165) is 28.2 Å². The maximum absolute atomic E-state index is 13.6. The average Bonchev–Trinajstić information content (AvgIpc) is 3.51. The van der Waals surface area contributed by atoms with Crippen LogP contribution in [-0.4, -0.2) is 47.5 Å². The van der Waals surface area contributed by atoms with Crippen LogP contribution in [0.2, 0.25) is 0 Å². The molecule has 190 valence electrons. The summed E-state index contributed by atoms with van der Waals surface area (Å²) in [6, 6.07) is 15.1. The Hall–Kier alpha value is -3.30. The minimum Gasteiger partial charge on any atom is -0.376 e. The molecular formula is C27H29F2N3O3S. The first-order valence-electron chi connectivity index (χ1n) is 11.9. The average molecular weight is 514 g/mol. The Morgan fingerprint density at radius 2 is 1.83 bits per heavy atom. The number of carbonyl (C=O) groups excluding carboxylic acids is 2. The summed E-state index contributed by atoms with van der Waals surface area (Å²) in [5.74, 6) is -1.06. The zero-order valence-electron chi connectivity index (χ0n) is 20.1. The Balaban J connectivity index is 1.52. The Bertz CT molecular complexity index is 1180. The summed E-state index contributed by atoms with van der Waals surface area (Å²) in [7, 11) is 0. The van der Waals surface area contributed by atoms with Crippen LogP contribution >= 0.6 is 11.3 Å². The van der Waals surface area contributed by atoms with Gasteiger partial charge in [-0.15, -0.1) is 11.3 Å². The van der Waals surface area contributed by atoms with Gasteiger partial charge in [-0.1, -0.05) is 18.2 Å². The van der Waals surface area contributed by atoms with E-state index in [1.54, 1.807) is 34.4 Å². The highest BCUT2D eigenvalue weighted by Crippen LogP contribution is 2.20. The predicted octanol–water partition coefficient (Wildman–Crippen LogP) is 5.58. The summed E-state index contributed by atoms with van der Waals surface area (Å²) >= 11 is 1.60. The quantitative estimate of drug-likeness (QED) is 0.407. The van der Waals surface area contributed by atoms with Crippen molar-refractivity contribution in [3.05, 3.63) is 87.6 Å². The van der Waals surface area contributed by atoms with Gasteiger partial charge in [-0.2, -0.15) is 0 Å². The Kier molecular flexibility index (Phi) is 8.66. The van der Waals surface area contributed by atoms with Crippen molar-refractivity contribution in [1.82, 2.24) is 9.80 Å². The Morgan fingerprint density at radius 1 is 1.03 bits per heavy atom. The van der Waals surface area contributed by atoms with Crippen molar-refractivity contribution >= 4 is 29.0 Å². The molecule has 3 amide bonds. The molecule has 36 heavy (non-hydrogen) atoms. The van der Waals surface area contributed by atoms with Crippen LogP contribution in [0.1, 0.15) is 28.2 Å². The topological polar surface area (TPSA) is 61.9 Å². The summed E-state index contributed by atoms with van der Waals surface area (Å²) in [4.78, 5) is 31.9. The van der Waals surface area contributed by atoms with Gasteiger partial charge >= 0.3 is 6.03 Å². The van der Waals surface area contributed by atoms with Crippen molar-refractivity contribution in [3.63, 3.8) is 0 Å². The smallest absolute Gasteiger partial charge is 0.322 e. The molecule has 1 aliphatic heterocycles. The van der Waals surface area contributed by atoms with E-state index in [4.69, 9.17) is 4.74 Å². The van der Waals surface area contributed by atoms with E-state index in [1.165, 1.54) is 35.2 Å². The van der Waals surface area contributed by atoms with E-state index in [0.29, 0.717) is 18.8 Å². The zero-order chi connectivity index (χ0) is 25.5. The molecule has 2 aromatic carbocycles. The third-order valence-electron chi connectivity index (χ3n) is 5.92. The van der Waals surface area contributed by atoms with Gasteiger partial charge in [0, 0.05) is 35.1 Å². The molecule has 1 aliphatic rings. The van der Waals surface area contributed by atoms with Crippen molar-refractivity contribution in [2.75, 3.05) is 25.0 Å². The van der Waals surface area contributed by atoms with Crippen LogP contribution in [0, 0.1) is 18.6 Å². The number of urea groups is 1. The monoisotopic (exact) mass is 513 g/mol. The SMILES string of the molecule is Cc1ccc(CN(Cc2ccc(F)cc2)C(=O)CN(CC2CCCO2)C(=O)Nc2cccc(F)c2)s1. The maximum Gasteiger partial charge on any atom is 0.322 e. The molecule has 1 saturated heterocycles. The highest BCUT2D eigenvalue weighted by atomic mass is 32.1. The lowest BCUT2D eigenvalue weighted by atomic mass is 10.2. The fourth-order valence-corrected chi connectivity index (χ4v) is 4.99. The number of carbonyl (C=O) groups is 2. The molecule has 1 unspecified atom stereocenters. The third kappa shape index (κ3) is 7.35. The number of nitrogens with zero attached hydrogens (tertiary/aromatic N) is 2. The fourth-order valence-electron chi connectivity index (χ4n) is 4.09. The molecule has 3 aromatic rings. The maximum atomic E-state index is 13.6. The molecule has 1 fully saturated rings. The van der Waals surface area contributed by atoms with Gasteiger partial charge < -0.3 is 19.9 Å². The lowest BCUT2D eigenvalue weighted by Crippen LogP contribution is -2.46. The minimum absolute atomic E-state index is 0.165. The number of anilines is 1. The van der Waals surface area contributed by atoms with Gasteiger partial charge in [0.2, 0.25) is 5.91 Å². The van der Waals surface area contributed by atoms with Crippen molar-refractivity contribution < 1.29 is 23.1 Å². The summed E-state index contributed by atoms with van der Waals surface area (Å²) < 4.78 is 32.8. The zero-order valence-corrected chi connectivity index (χ0v) is 20.9. The highest BCUT2D eigenvalue weighted by molar-refractivity contribution is 7.11. The van der Waals surface area contributed by atoms with Crippen LogP contribution in [0.4, 0.5) is 19.3 Å². The first-order chi connectivity index (χ1) is 17.4. The molecule has 6 nitrogen and oxygen atoms in total. The van der Waals surface area contributed by atoms with Crippen molar-refractivity contribution in [2.24, 2.45) is 0 Å². The lowest BCUT2D eigenvalue weighted by molar-refractivity contribution is -0.133. The normalized spacial score (nSPS) is 15.0. The van der Waals surface area contributed by atoms with Gasteiger partial charge in [-0.3, -0.25) is 4.79 Å². The van der Waals surface area contributed by atoms with Crippen LogP contribution in [0.5, 0.6) is 0 Å². The Labute approximate surface area is 213 Å². The highest BCUT2D eigenvalue weighted by Gasteiger charge is 2.27. The predicted molar refractivity (Wildman–Crippen MR) is 136 cm³/mol. The number of hydrogen-bond acceptors (Lipinski definition) is 4. The van der Waals surface area contributed by atoms with E-state index in [1.807, 2.05) is 19.1 Å². The summed E-state index contributed by atoms with van der Waals surface area (Å²) in [5, 5.41) is 2.69. The molecule has 0 saturated carbocycles. The molecule has 2 heterocycles. The van der Waals surface area contributed by atoms with E-state index in [-0.39, 0.29) is 37.5 Å². The van der Waals surface area contributed by atoms with Gasteiger partial charge in [0.05, 0.1) is 12.6 Å². The molecular weight excluding hydrogens is 484 g/mol. The molecule has 0 spiro atoms. The first kappa shape index (κ1) is 25.8. The second-order valence-electron chi connectivity index (χ2n) is 8.84. The molecule has 0 aliphatic carbocycles. The minimum atomic E-state index is -0.502. The number of halogens is 2. The number of ether oxygens (including phenoxy) is 1. The van der Waals surface area contributed by atoms with Crippen molar-refractivity contribution in [3.8, 4) is 0 Å². The number of amides is 3. The van der Waals surface area contributed by atoms with E-state index < -0.39 is 11.8 Å². The lowest BCUT2D eigenvalue weighted by Gasteiger charge is -2.29. The molecule has 0 radical (unpaired) electrons. The number of thiophene rings is 1. The summed E-state index contributed by atoms with van der Waals surface area (Å²) in [6.07, 6.45) is 1.53. The number of hydrogen-bond donors (Lipinski definition) is 1. The summed E-state index contributed by atoms with van der Waals surface area (Å²) in [6.45, 7) is 3.33. The van der Waals surface area contributed by atoms with Crippen LogP contribution in [0.25, 0.3) is 0 Å². The number of rotatable bonds is 9. The van der Waals surface area contributed by atoms with E-state index in [9.17, 15) is 18.4 Å². The van der Waals surface area contributed by atoms with Crippen LogP contribution in [0.3, 0.4) is 0 Å². The van der Waals surface area contributed by atoms with Gasteiger partial charge in [0.1, 0.15) is 18.2 Å². The standard InChI is InChI=1S/C27H29F2N3O3S/c1-19-7-12-25(36-19)17-31(15-20-8-10-21(28)11-9-20)26(33)18-32(16-24-6-3-13-35-24)27(34)30-23-5-2-4-22(29)14-23/h2,4-5,7-12,14,24H,3,6,13,15-18H2,1H3,(H,30,34). The molecule has 9 heteroatoms. The first-order valence-corrected chi connectivity index (χ1v) is 12.7. The fraction of sp³-hybridized carbons (Fsp3) is 0.333. The second-order valence-corrected chi connectivity index (χ2v) is 10.2. The second kappa shape index (κ2) is 12.1. The molecule has 1 N–H and O–H groups in total. The van der Waals surface area contributed by atoms with E-state index in [2.05, 4.69) is 5.32 Å². The molecule has 4 rings (SSSR count). The molecule has 1 aromatic heterocycles. The number of aryl methyl sites for hydroxylation is 1. The number of nitrogens with one attached hydrogen (secondary N) is 1. The Morgan fingerprint density at radius 3 is 2.50 bits per heavy atom. The third-order valence-corrected chi connectivity index (χ3v) is 6.90. The van der Waals surface area contributed by atoms with Crippen LogP contribution in [-0.2, 0) is 22.6 Å². The van der Waals surface area contributed by atoms with Gasteiger partial charge in [0.25, 0.3) is 0 Å². The van der Waals surface area contributed by atoms with Gasteiger partial charge in [0.15, 0.2) is 0 Å². The molecule has 1 atom stereocenters. The van der Waals surface area contributed by atoms with Crippen molar-refractivity contribution in [1.29, 1.82) is 0 Å². The molecule has 0 bridgehead atoms. The van der Waals surface area contributed by atoms with Crippen molar-refractivity contribution in [2.45, 2.75) is 39.0 Å². The largest absolute Gasteiger partial charge is 0.376 e. The van der Waals surface area contributed by atoms with Crippen LogP contribution in [0.15, 0.2) is 60.7 Å². The van der Waals surface area contributed by atoms with Crippen LogP contribution < -0.4 is 5.32 Å². The van der Waals surface area contributed by atoms with Gasteiger partial charge in [-0.25, -0.2) is 13.6 Å².